The third-order valence-electron chi connectivity index (χ3n) is 5.74. The minimum Gasteiger partial charge on any atom is -0.385 e. The quantitative estimate of drug-likeness (QED) is 0.539. The van der Waals surface area contributed by atoms with Crippen molar-refractivity contribution in [2.24, 2.45) is 10.4 Å². The smallest absolute Gasteiger partial charge is 0.191 e. The lowest BCUT2D eigenvalue weighted by Gasteiger charge is -2.41. The predicted molar refractivity (Wildman–Crippen MR) is 107 cm³/mol. The van der Waals surface area contributed by atoms with Gasteiger partial charge in [-0.15, -0.1) is 0 Å². The van der Waals surface area contributed by atoms with Crippen LogP contribution in [0, 0.1) is 11.2 Å². The molecule has 0 radical (unpaired) electrons. The molecule has 1 aromatic heterocycles. The third-order valence-corrected chi connectivity index (χ3v) is 5.74. The lowest BCUT2D eigenvalue weighted by molar-refractivity contribution is 0.0778. The number of hydrogen-bond donors (Lipinski definition) is 2. The van der Waals surface area contributed by atoms with E-state index in [0.717, 1.165) is 51.6 Å². The van der Waals surface area contributed by atoms with E-state index in [1.165, 1.54) is 25.3 Å². The van der Waals surface area contributed by atoms with Gasteiger partial charge in [0.1, 0.15) is 0 Å². The normalized spacial score (nSPS) is 21.8. The maximum Gasteiger partial charge on any atom is 0.191 e. The van der Waals surface area contributed by atoms with E-state index in [0.29, 0.717) is 11.2 Å². The fourth-order valence-electron chi connectivity index (χ4n) is 3.92. The summed E-state index contributed by atoms with van der Waals surface area (Å²) < 4.78 is 19.3. The number of rotatable bonds is 8. The summed E-state index contributed by atoms with van der Waals surface area (Å²) in [4.78, 5) is 11.1. The second-order valence-electron chi connectivity index (χ2n) is 7.68. The molecule has 0 bridgehead atoms. The Morgan fingerprint density at radius 2 is 2.33 bits per heavy atom. The van der Waals surface area contributed by atoms with E-state index in [4.69, 9.17) is 9.73 Å². The fraction of sp³-hybridized carbons (Fsp3) is 0.700. The van der Waals surface area contributed by atoms with Gasteiger partial charge in [-0.2, -0.15) is 0 Å². The predicted octanol–water partition coefficient (Wildman–Crippen LogP) is 2.56. The summed E-state index contributed by atoms with van der Waals surface area (Å²) in [7, 11) is 1.76. The van der Waals surface area contributed by atoms with Crippen LogP contribution in [-0.2, 0) is 4.74 Å². The summed E-state index contributed by atoms with van der Waals surface area (Å²) in [6, 6.07) is 3.33. The third kappa shape index (κ3) is 5.09. The zero-order chi connectivity index (χ0) is 19.1. The molecular weight excluding hydrogens is 345 g/mol. The Morgan fingerprint density at radius 3 is 3.00 bits per heavy atom. The summed E-state index contributed by atoms with van der Waals surface area (Å²) in [5, 5.41) is 6.88. The van der Waals surface area contributed by atoms with Crippen LogP contribution in [-0.4, -0.2) is 56.9 Å². The van der Waals surface area contributed by atoms with Crippen molar-refractivity contribution >= 4 is 11.8 Å². The number of ether oxygens (including phenoxy) is 1. The van der Waals surface area contributed by atoms with Crippen molar-refractivity contribution in [1.82, 2.24) is 15.6 Å². The van der Waals surface area contributed by atoms with Crippen molar-refractivity contribution < 1.29 is 9.13 Å². The summed E-state index contributed by atoms with van der Waals surface area (Å²) in [5.41, 5.74) is 0.303. The van der Waals surface area contributed by atoms with Crippen LogP contribution in [0.5, 0.6) is 0 Å². The van der Waals surface area contributed by atoms with Gasteiger partial charge in [0, 0.05) is 52.1 Å². The number of nitrogens with zero attached hydrogens (tertiary/aromatic N) is 3. The van der Waals surface area contributed by atoms with Gasteiger partial charge in [0.25, 0.3) is 0 Å². The number of guanidine groups is 1. The van der Waals surface area contributed by atoms with Crippen molar-refractivity contribution in [1.29, 1.82) is 0 Å². The highest BCUT2D eigenvalue weighted by molar-refractivity contribution is 5.80. The SMILES string of the molecule is CCNC(=NCC1(CCOC)CCC1)NC1CCN(c2ncccc2F)C1. The Morgan fingerprint density at radius 1 is 1.48 bits per heavy atom. The average Bonchev–Trinajstić information content (AvgIpc) is 3.09. The first-order valence-corrected chi connectivity index (χ1v) is 10.0. The monoisotopic (exact) mass is 377 g/mol. The molecule has 1 aromatic rings. The number of methoxy groups -OCH3 is 1. The van der Waals surface area contributed by atoms with Gasteiger partial charge in [0.15, 0.2) is 17.6 Å². The first kappa shape index (κ1) is 19.9. The Hall–Kier alpha value is -1.89. The molecular formula is C20H32FN5O. The van der Waals surface area contributed by atoms with Crippen molar-refractivity contribution in [2.45, 2.75) is 45.1 Å². The van der Waals surface area contributed by atoms with Crippen molar-refractivity contribution in [3.8, 4) is 0 Å². The average molecular weight is 378 g/mol. The molecule has 150 valence electrons. The minimum atomic E-state index is -0.260. The molecule has 27 heavy (non-hydrogen) atoms. The van der Waals surface area contributed by atoms with Gasteiger partial charge in [-0.25, -0.2) is 9.37 Å². The van der Waals surface area contributed by atoms with Crippen LogP contribution >= 0.6 is 0 Å². The highest BCUT2D eigenvalue weighted by Gasteiger charge is 2.36. The molecule has 1 aliphatic carbocycles. The van der Waals surface area contributed by atoms with E-state index in [9.17, 15) is 4.39 Å². The first-order chi connectivity index (χ1) is 13.2. The molecule has 1 saturated heterocycles. The molecule has 2 aliphatic rings. The Bertz CT molecular complexity index is 635. The number of hydrogen-bond acceptors (Lipinski definition) is 4. The molecule has 1 saturated carbocycles. The van der Waals surface area contributed by atoms with Crippen LogP contribution in [0.15, 0.2) is 23.3 Å². The lowest BCUT2D eigenvalue weighted by Crippen LogP contribution is -2.45. The standard InChI is InChI=1S/C20H32FN5O/c1-3-22-19(24-15-20(8-5-9-20)10-13-27-2)25-16-7-12-26(14-16)18-17(21)6-4-11-23-18/h4,6,11,16H,3,5,7-10,12-15H2,1-2H3,(H2,22,24,25). The second-order valence-corrected chi connectivity index (χ2v) is 7.68. The second kappa shape index (κ2) is 9.35. The molecule has 7 heteroatoms. The number of aliphatic imine (C=N–C) groups is 1. The summed E-state index contributed by atoms with van der Waals surface area (Å²) in [6.45, 7) is 6.05. The molecule has 1 atom stereocenters. The zero-order valence-electron chi connectivity index (χ0n) is 16.5. The Labute approximate surface area is 161 Å². The summed E-state index contributed by atoms with van der Waals surface area (Å²) in [6.07, 6.45) is 7.40. The van der Waals surface area contributed by atoms with Crippen LogP contribution in [0.25, 0.3) is 0 Å². The number of anilines is 1. The lowest BCUT2D eigenvalue weighted by atomic mass is 9.67. The van der Waals surface area contributed by atoms with Crippen molar-refractivity contribution in [3.63, 3.8) is 0 Å². The van der Waals surface area contributed by atoms with E-state index in [1.54, 1.807) is 19.4 Å². The maximum absolute atomic E-state index is 14.0. The highest BCUT2D eigenvalue weighted by Crippen LogP contribution is 2.44. The van der Waals surface area contributed by atoms with E-state index in [1.807, 2.05) is 4.90 Å². The molecule has 0 spiro atoms. The Balaban J connectivity index is 1.57. The van der Waals surface area contributed by atoms with E-state index in [-0.39, 0.29) is 11.9 Å². The van der Waals surface area contributed by atoms with Crippen LogP contribution in [0.4, 0.5) is 10.2 Å². The minimum absolute atomic E-state index is 0.237. The van der Waals surface area contributed by atoms with Crippen molar-refractivity contribution in [2.75, 3.05) is 44.8 Å². The largest absolute Gasteiger partial charge is 0.385 e. The number of halogens is 1. The Kier molecular flexibility index (Phi) is 6.88. The number of nitrogens with one attached hydrogen (secondary N) is 2. The molecule has 2 fully saturated rings. The first-order valence-electron chi connectivity index (χ1n) is 10.0. The molecule has 3 rings (SSSR count). The van der Waals surface area contributed by atoms with Gasteiger partial charge in [-0.05, 0) is 50.2 Å². The molecule has 0 amide bonds. The van der Waals surface area contributed by atoms with Crippen LogP contribution in [0.3, 0.4) is 0 Å². The van der Waals surface area contributed by atoms with Crippen molar-refractivity contribution in [3.05, 3.63) is 24.1 Å². The van der Waals surface area contributed by atoms with E-state index < -0.39 is 0 Å². The molecule has 6 nitrogen and oxygen atoms in total. The topological polar surface area (TPSA) is 61.8 Å². The van der Waals surface area contributed by atoms with Crippen LogP contribution < -0.4 is 15.5 Å². The van der Waals surface area contributed by atoms with E-state index >= 15 is 0 Å². The summed E-state index contributed by atoms with van der Waals surface area (Å²) >= 11 is 0. The fourth-order valence-corrected chi connectivity index (χ4v) is 3.92. The van der Waals surface area contributed by atoms with E-state index in [2.05, 4.69) is 22.5 Å². The van der Waals surface area contributed by atoms with Gasteiger partial charge in [-0.1, -0.05) is 6.42 Å². The van der Waals surface area contributed by atoms with Gasteiger partial charge < -0.3 is 20.3 Å². The number of aromatic nitrogens is 1. The molecule has 1 unspecified atom stereocenters. The highest BCUT2D eigenvalue weighted by atomic mass is 19.1. The molecule has 2 N–H and O–H groups in total. The van der Waals surface area contributed by atoms with Crippen LogP contribution in [0.1, 0.15) is 39.0 Å². The molecule has 0 aromatic carbocycles. The zero-order valence-corrected chi connectivity index (χ0v) is 16.5. The van der Waals surface area contributed by atoms with Gasteiger partial charge in [0.05, 0.1) is 0 Å². The van der Waals surface area contributed by atoms with Gasteiger partial charge in [-0.3, -0.25) is 4.99 Å². The molecule has 1 aliphatic heterocycles. The maximum atomic E-state index is 14.0. The molecule has 2 heterocycles. The van der Waals surface area contributed by atoms with Gasteiger partial charge in [0.2, 0.25) is 0 Å². The van der Waals surface area contributed by atoms with Crippen LogP contribution in [0.2, 0.25) is 0 Å². The van der Waals surface area contributed by atoms with Gasteiger partial charge >= 0.3 is 0 Å². The summed E-state index contributed by atoms with van der Waals surface area (Å²) in [5.74, 6) is 1.04. The number of pyridine rings is 1.